The summed E-state index contributed by atoms with van der Waals surface area (Å²) < 4.78 is 50.2. The van der Waals surface area contributed by atoms with Gasteiger partial charge in [-0.25, -0.2) is 9.78 Å². The predicted molar refractivity (Wildman–Crippen MR) is 96.2 cm³/mol. The van der Waals surface area contributed by atoms with Gasteiger partial charge in [-0.1, -0.05) is 12.1 Å². The van der Waals surface area contributed by atoms with E-state index < -0.39 is 17.7 Å². The minimum atomic E-state index is -4.62. The molecule has 0 bridgehead atoms. The summed E-state index contributed by atoms with van der Waals surface area (Å²) >= 11 is 0. The molecule has 2 heterocycles. The zero-order valence-corrected chi connectivity index (χ0v) is 15.4. The van der Waals surface area contributed by atoms with Crippen molar-refractivity contribution in [1.82, 2.24) is 10.3 Å². The number of esters is 1. The van der Waals surface area contributed by atoms with E-state index in [1.165, 1.54) is 12.1 Å². The topological polar surface area (TPSA) is 60.5 Å². The maximum absolute atomic E-state index is 13.4. The maximum atomic E-state index is 13.4. The average Bonchev–Trinajstić information content (AvgIpc) is 2.71. The van der Waals surface area contributed by atoms with Crippen molar-refractivity contribution in [2.45, 2.75) is 31.5 Å². The molecule has 150 valence electrons. The number of methoxy groups -OCH3 is 1. The number of carbonyl (C=O) groups is 1. The molecule has 0 aliphatic carbocycles. The molecule has 0 saturated carbocycles. The lowest BCUT2D eigenvalue weighted by molar-refractivity contribution is -0.138. The minimum Gasteiger partial charge on any atom is -0.473 e. The summed E-state index contributed by atoms with van der Waals surface area (Å²) in [5, 5.41) is 3.28. The van der Waals surface area contributed by atoms with Crippen molar-refractivity contribution in [3.63, 3.8) is 0 Å². The number of hydrogen-bond acceptors (Lipinski definition) is 5. The minimum absolute atomic E-state index is 0.0748. The highest BCUT2D eigenvalue weighted by atomic mass is 19.4. The molecule has 0 amide bonds. The fourth-order valence-corrected chi connectivity index (χ4v) is 3.22. The van der Waals surface area contributed by atoms with Gasteiger partial charge in [0.25, 0.3) is 0 Å². The fraction of sp³-hybridized carbons (Fsp3) is 0.400. The molecule has 5 nitrogen and oxygen atoms in total. The van der Waals surface area contributed by atoms with Crippen LogP contribution >= 0.6 is 0 Å². The molecule has 1 aromatic heterocycles. The van der Waals surface area contributed by atoms with Crippen LogP contribution in [0.15, 0.2) is 36.4 Å². The van der Waals surface area contributed by atoms with Gasteiger partial charge in [0, 0.05) is 23.2 Å². The summed E-state index contributed by atoms with van der Waals surface area (Å²) in [7, 11) is 1.12. The van der Waals surface area contributed by atoms with Gasteiger partial charge in [0.1, 0.15) is 6.61 Å². The lowest BCUT2D eigenvalue weighted by Crippen LogP contribution is -2.27. The van der Waals surface area contributed by atoms with E-state index in [4.69, 9.17) is 4.74 Å². The van der Waals surface area contributed by atoms with Crippen LogP contribution in [0.3, 0.4) is 0 Å². The normalized spacial score (nSPS) is 15.3. The van der Waals surface area contributed by atoms with Crippen LogP contribution in [0.2, 0.25) is 0 Å². The number of piperidine rings is 1. The summed E-state index contributed by atoms with van der Waals surface area (Å²) in [4.78, 5) is 16.0. The van der Waals surface area contributed by atoms with E-state index >= 15 is 0 Å². The molecule has 28 heavy (non-hydrogen) atoms. The van der Waals surface area contributed by atoms with Gasteiger partial charge < -0.3 is 14.8 Å². The molecule has 1 N–H and O–H groups in total. The highest BCUT2D eigenvalue weighted by Gasteiger charge is 2.34. The highest BCUT2D eigenvalue weighted by molar-refractivity contribution is 5.89. The zero-order valence-electron chi connectivity index (χ0n) is 15.4. The van der Waals surface area contributed by atoms with E-state index in [2.05, 4.69) is 15.0 Å². The second-order valence-corrected chi connectivity index (χ2v) is 6.57. The van der Waals surface area contributed by atoms with Crippen molar-refractivity contribution in [1.29, 1.82) is 0 Å². The second kappa shape index (κ2) is 8.60. The fourth-order valence-electron chi connectivity index (χ4n) is 3.22. The Balaban J connectivity index is 1.77. The quantitative estimate of drug-likeness (QED) is 0.779. The van der Waals surface area contributed by atoms with Crippen LogP contribution in [0.4, 0.5) is 13.2 Å². The van der Waals surface area contributed by atoms with Crippen LogP contribution in [-0.2, 0) is 17.5 Å². The molecule has 1 fully saturated rings. The van der Waals surface area contributed by atoms with Crippen molar-refractivity contribution in [3.05, 3.63) is 58.8 Å². The molecule has 0 radical (unpaired) electrons. The third-order valence-electron chi connectivity index (χ3n) is 4.71. The van der Waals surface area contributed by atoms with Crippen LogP contribution in [-0.4, -0.2) is 31.2 Å². The molecule has 1 aliphatic rings. The third kappa shape index (κ3) is 4.81. The lowest BCUT2D eigenvalue weighted by atomic mass is 9.94. The predicted octanol–water partition coefficient (Wildman–Crippen LogP) is 3.93. The number of aromatic nitrogens is 1. The Morgan fingerprint density at radius 2 is 1.96 bits per heavy atom. The smallest absolute Gasteiger partial charge is 0.416 e. The Kier molecular flexibility index (Phi) is 6.18. The first kappa shape index (κ1) is 20.1. The van der Waals surface area contributed by atoms with Gasteiger partial charge >= 0.3 is 12.1 Å². The van der Waals surface area contributed by atoms with E-state index in [-0.39, 0.29) is 23.6 Å². The summed E-state index contributed by atoms with van der Waals surface area (Å²) in [5.74, 6) is -0.231. The van der Waals surface area contributed by atoms with E-state index in [1.807, 2.05) is 6.07 Å². The summed E-state index contributed by atoms with van der Waals surface area (Å²) in [5.41, 5.74) is -0.278. The molecule has 0 unspecified atom stereocenters. The van der Waals surface area contributed by atoms with E-state index in [0.29, 0.717) is 5.92 Å². The van der Waals surface area contributed by atoms with Crippen molar-refractivity contribution in [2.75, 3.05) is 20.2 Å². The van der Waals surface area contributed by atoms with Crippen molar-refractivity contribution >= 4 is 5.97 Å². The lowest BCUT2D eigenvalue weighted by Gasteiger charge is -2.22. The summed E-state index contributed by atoms with van der Waals surface area (Å²) in [6.45, 7) is 1.52. The molecule has 1 aromatic carbocycles. The molecular formula is C20H21F3N2O3. The Hall–Kier alpha value is -2.61. The van der Waals surface area contributed by atoms with Crippen LogP contribution in [0, 0.1) is 0 Å². The number of hydrogen-bond donors (Lipinski definition) is 1. The van der Waals surface area contributed by atoms with Gasteiger partial charge in [-0.2, -0.15) is 13.2 Å². The Morgan fingerprint density at radius 3 is 2.64 bits per heavy atom. The largest absolute Gasteiger partial charge is 0.473 e. The Morgan fingerprint density at radius 1 is 1.21 bits per heavy atom. The van der Waals surface area contributed by atoms with Crippen molar-refractivity contribution < 1.29 is 27.4 Å². The van der Waals surface area contributed by atoms with Gasteiger partial charge in [0.2, 0.25) is 5.88 Å². The van der Waals surface area contributed by atoms with Gasteiger partial charge in [0.15, 0.2) is 0 Å². The van der Waals surface area contributed by atoms with Crippen LogP contribution < -0.4 is 10.1 Å². The molecule has 8 heteroatoms. The first-order chi connectivity index (χ1) is 13.4. The molecule has 2 aromatic rings. The number of carbonyl (C=O) groups excluding carboxylic acids is 1. The number of nitrogens with one attached hydrogen (secondary N) is 1. The van der Waals surface area contributed by atoms with Gasteiger partial charge in [0.05, 0.1) is 18.2 Å². The Labute approximate surface area is 160 Å². The second-order valence-electron chi connectivity index (χ2n) is 6.57. The van der Waals surface area contributed by atoms with Gasteiger partial charge in [-0.05, 0) is 44.1 Å². The number of ether oxygens (including phenoxy) is 2. The summed E-state index contributed by atoms with van der Waals surface area (Å²) in [6.07, 6.45) is -2.69. The molecule has 1 saturated heterocycles. The van der Waals surface area contributed by atoms with E-state index in [9.17, 15) is 18.0 Å². The number of halogens is 3. The zero-order chi connectivity index (χ0) is 20.1. The van der Waals surface area contributed by atoms with E-state index in [1.54, 1.807) is 12.1 Å². The molecular weight excluding hydrogens is 373 g/mol. The average molecular weight is 394 g/mol. The number of nitrogens with zero attached hydrogens (tertiary/aromatic N) is 1. The van der Waals surface area contributed by atoms with Crippen LogP contribution in [0.5, 0.6) is 5.88 Å². The standard InChI is InChI=1S/C20H21F3N2O3/c1-27-19(26)14-5-6-15(16(11-14)20(21,22)23)12-28-18-4-2-3-17(25-18)13-7-9-24-10-8-13/h2-6,11,13,24H,7-10,12H2,1H3. The maximum Gasteiger partial charge on any atom is 0.416 e. The summed E-state index contributed by atoms with van der Waals surface area (Å²) in [6, 6.07) is 8.63. The first-order valence-corrected chi connectivity index (χ1v) is 8.97. The molecule has 0 atom stereocenters. The highest BCUT2D eigenvalue weighted by Crippen LogP contribution is 2.33. The van der Waals surface area contributed by atoms with Crippen molar-refractivity contribution in [3.8, 4) is 5.88 Å². The molecule has 0 spiro atoms. The monoisotopic (exact) mass is 394 g/mol. The first-order valence-electron chi connectivity index (χ1n) is 8.97. The van der Waals surface area contributed by atoms with Gasteiger partial charge in [-0.3, -0.25) is 0 Å². The molecule has 1 aliphatic heterocycles. The SMILES string of the molecule is COC(=O)c1ccc(COc2cccc(C3CCNCC3)n2)c(C(F)(F)F)c1. The van der Waals surface area contributed by atoms with Gasteiger partial charge in [-0.15, -0.1) is 0 Å². The van der Waals surface area contributed by atoms with Crippen LogP contribution in [0.25, 0.3) is 0 Å². The number of alkyl halides is 3. The third-order valence-corrected chi connectivity index (χ3v) is 4.71. The number of pyridine rings is 1. The van der Waals surface area contributed by atoms with Crippen molar-refractivity contribution in [2.24, 2.45) is 0 Å². The number of rotatable bonds is 5. The number of benzene rings is 1. The Bertz CT molecular complexity index is 834. The molecule has 3 rings (SSSR count). The van der Waals surface area contributed by atoms with Crippen LogP contribution in [0.1, 0.15) is 45.9 Å². The van der Waals surface area contributed by atoms with E-state index in [0.717, 1.165) is 44.8 Å².